The van der Waals surface area contributed by atoms with Crippen LogP contribution in [0.15, 0.2) is 85.1 Å². The molecular weight excluding hydrogens is 342 g/mol. The number of hydrogen-bond acceptors (Lipinski definition) is 3. The standard InChI is InChI=1S/C25H27N3/c1-21-20-27(16-8-11-22-9-3-2-4-10-22)17-18-28(21)24-13-7-12-23(19-24)25-14-5-6-15-26-25/h2-15,19,21H,16-18,20H2,1H3. The van der Waals surface area contributed by atoms with Crippen molar-refractivity contribution in [3.05, 3.63) is 90.6 Å². The van der Waals surface area contributed by atoms with Gasteiger partial charge in [-0.2, -0.15) is 0 Å². The number of hydrogen-bond donors (Lipinski definition) is 0. The van der Waals surface area contributed by atoms with Crippen molar-refractivity contribution in [1.29, 1.82) is 0 Å². The Balaban J connectivity index is 1.39. The summed E-state index contributed by atoms with van der Waals surface area (Å²) in [5.41, 5.74) is 4.76. The van der Waals surface area contributed by atoms with Crippen LogP contribution in [0.4, 0.5) is 5.69 Å². The zero-order chi connectivity index (χ0) is 19.2. The van der Waals surface area contributed by atoms with Crippen LogP contribution < -0.4 is 4.90 Å². The van der Waals surface area contributed by atoms with Crippen LogP contribution in [0.5, 0.6) is 0 Å². The van der Waals surface area contributed by atoms with Crippen molar-refractivity contribution >= 4 is 11.8 Å². The maximum atomic E-state index is 4.49. The van der Waals surface area contributed by atoms with E-state index in [1.807, 2.05) is 18.3 Å². The lowest BCUT2D eigenvalue weighted by atomic mass is 10.1. The lowest BCUT2D eigenvalue weighted by molar-refractivity contribution is 0.251. The van der Waals surface area contributed by atoms with E-state index in [-0.39, 0.29) is 0 Å². The minimum absolute atomic E-state index is 0.484. The van der Waals surface area contributed by atoms with Crippen LogP contribution in [0.1, 0.15) is 12.5 Å². The summed E-state index contributed by atoms with van der Waals surface area (Å²) in [5.74, 6) is 0. The quantitative estimate of drug-likeness (QED) is 0.633. The van der Waals surface area contributed by atoms with Gasteiger partial charge in [0.1, 0.15) is 0 Å². The summed E-state index contributed by atoms with van der Waals surface area (Å²) in [5, 5.41) is 0. The zero-order valence-electron chi connectivity index (χ0n) is 16.4. The molecule has 1 saturated heterocycles. The number of rotatable bonds is 5. The van der Waals surface area contributed by atoms with E-state index < -0.39 is 0 Å². The largest absolute Gasteiger partial charge is 0.366 e. The van der Waals surface area contributed by atoms with E-state index in [4.69, 9.17) is 0 Å². The Hall–Kier alpha value is -2.91. The Bertz CT molecular complexity index is 905. The van der Waals surface area contributed by atoms with Crippen molar-refractivity contribution in [3.63, 3.8) is 0 Å². The number of benzene rings is 2. The van der Waals surface area contributed by atoms with Gasteiger partial charge >= 0.3 is 0 Å². The molecule has 2 heterocycles. The fourth-order valence-electron chi connectivity index (χ4n) is 3.86. The fourth-order valence-corrected chi connectivity index (χ4v) is 3.86. The maximum absolute atomic E-state index is 4.49. The van der Waals surface area contributed by atoms with Crippen LogP contribution >= 0.6 is 0 Å². The molecule has 1 aliphatic heterocycles. The number of aromatic nitrogens is 1. The Morgan fingerprint density at radius 2 is 1.82 bits per heavy atom. The van der Waals surface area contributed by atoms with Gasteiger partial charge in [-0.3, -0.25) is 9.88 Å². The molecule has 3 aromatic rings. The van der Waals surface area contributed by atoms with Gasteiger partial charge in [0.2, 0.25) is 0 Å². The van der Waals surface area contributed by atoms with Crippen LogP contribution in [0.3, 0.4) is 0 Å². The first-order valence-corrected chi connectivity index (χ1v) is 10.0. The molecule has 0 spiro atoms. The fraction of sp³-hybridized carbons (Fsp3) is 0.240. The molecule has 3 nitrogen and oxygen atoms in total. The van der Waals surface area contributed by atoms with Crippen LogP contribution in [0, 0.1) is 0 Å². The average Bonchev–Trinajstić information content (AvgIpc) is 2.75. The summed E-state index contributed by atoms with van der Waals surface area (Å²) >= 11 is 0. The number of nitrogens with zero attached hydrogens (tertiary/aromatic N) is 3. The van der Waals surface area contributed by atoms with E-state index in [1.54, 1.807) is 0 Å². The highest BCUT2D eigenvalue weighted by Gasteiger charge is 2.23. The van der Waals surface area contributed by atoms with Crippen LogP contribution in [-0.2, 0) is 0 Å². The van der Waals surface area contributed by atoms with Crippen LogP contribution in [0.2, 0.25) is 0 Å². The Labute approximate surface area is 168 Å². The van der Waals surface area contributed by atoms with E-state index in [0.29, 0.717) is 6.04 Å². The first-order valence-electron chi connectivity index (χ1n) is 10.0. The second kappa shape index (κ2) is 8.85. The molecule has 142 valence electrons. The summed E-state index contributed by atoms with van der Waals surface area (Å²) < 4.78 is 0. The normalized spacial score (nSPS) is 17.9. The zero-order valence-corrected chi connectivity index (χ0v) is 16.4. The van der Waals surface area contributed by atoms with E-state index >= 15 is 0 Å². The van der Waals surface area contributed by atoms with Crippen molar-refractivity contribution in [3.8, 4) is 11.3 Å². The number of piperazine rings is 1. The van der Waals surface area contributed by atoms with Crippen LogP contribution in [0.25, 0.3) is 17.3 Å². The molecule has 0 bridgehead atoms. The maximum Gasteiger partial charge on any atom is 0.0702 e. The molecule has 0 N–H and O–H groups in total. The van der Waals surface area contributed by atoms with Crippen LogP contribution in [-0.4, -0.2) is 42.1 Å². The summed E-state index contributed by atoms with van der Waals surface area (Å²) in [4.78, 5) is 9.54. The average molecular weight is 370 g/mol. The molecule has 0 saturated carbocycles. The van der Waals surface area contributed by atoms with Gasteiger partial charge < -0.3 is 4.90 Å². The lowest BCUT2D eigenvalue weighted by Gasteiger charge is -2.41. The van der Waals surface area contributed by atoms with Crippen molar-refractivity contribution in [1.82, 2.24) is 9.88 Å². The Morgan fingerprint density at radius 1 is 0.964 bits per heavy atom. The second-order valence-electron chi connectivity index (χ2n) is 7.38. The lowest BCUT2D eigenvalue weighted by Crippen LogP contribution is -2.52. The third-order valence-corrected chi connectivity index (χ3v) is 5.32. The summed E-state index contributed by atoms with van der Waals surface area (Å²) in [6, 6.07) is 25.8. The highest BCUT2D eigenvalue weighted by Crippen LogP contribution is 2.26. The Kier molecular flexibility index (Phi) is 5.83. The molecule has 2 aromatic carbocycles. The molecule has 1 aromatic heterocycles. The SMILES string of the molecule is CC1CN(CC=Cc2ccccc2)CCN1c1cccc(-c2ccccn2)c1. The molecule has 0 aliphatic carbocycles. The molecule has 1 atom stereocenters. The van der Waals surface area contributed by atoms with E-state index in [2.05, 4.69) is 94.5 Å². The highest BCUT2D eigenvalue weighted by atomic mass is 15.3. The molecule has 1 fully saturated rings. The van der Waals surface area contributed by atoms with E-state index in [9.17, 15) is 0 Å². The van der Waals surface area contributed by atoms with Gasteiger partial charge in [-0.05, 0) is 36.8 Å². The van der Waals surface area contributed by atoms with Gasteiger partial charge in [0, 0.05) is 49.7 Å². The molecule has 3 heteroatoms. The molecule has 1 unspecified atom stereocenters. The van der Waals surface area contributed by atoms with Crippen molar-refractivity contribution in [2.75, 3.05) is 31.1 Å². The topological polar surface area (TPSA) is 19.4 Å². The second-order valence-corrected chi connectivity index (χ2v) is 7.38. The summed E-state index contributed by atoms with van der Waals surface area (Å²) in [7, 11) is 0. The smallest absolute Gasteiger partial charge is 0.0702 e. The number of anilines is 1. The van der Waals surface area contributed by atoms with Gasteiger partial charge in [-0.15, -0.1) is 0 Å². The van der Waals surface area contributed by atoms with Gasteiger partial charge in [0.25, 0.3) is 0 Å². The predicted octanol–water partition coefficient (Wildman–Crippen LogP) is 4.97. The summed E-state index contributed by atoms with van der Waals surface area (Å²) in [6.07, 6.45) is 6.35. The first kappa shape index (κ1) is 18.5. The molecule has 28 heavy (non-hydrogen) atoms. The predicted molar refractivity (Wildman–Crippen MR) is 118 cm³/mol. The molecule has 4 rings (SSSR count). The third kappa shape index (κ3) is 4.49. The number of pyridine rings is 1. The monoisotopic (exact) mass is 369 g/mol. The van der Waals surface area contributed by atoms with Gasteiger partial charge in [0.15, 0.2) is 0 Å². The molecule has 1 aliphatic rings. The third-order valence-electron chi connectivity index (χ3n) is 5.32. The molecule has 0 amide bonds. The van der Waals surface area contributed by atoms with Gasteiger partial charge in [-0.25, -0.2) is 0 Å². The van der Waals surface area contributed by atoms with Gasteiger partial charge in [-0.1, -0.05) is 60.7 Å². The first-order chi connectivity index (χ1) is 13.8. The van der Waals surface area contributed by atoms with Crippen molar-refractivity contribution in [2.45, 2.75) is 13.0 Å². The highest BCUT2D eigenvalue weighted by molar-refractivity contribution is 5.66. The van der Waals surface area contributed by atoms with E-state index in [0.717, 1.165) is 31.9 Å². The Morgan fingerprint density at radius 3 is 2.61 bits per heavy atom. The molecule has 0 radical (unpaired) electrons. The minimum Gasteiger partial charge on any atom is -0.366 e. The summed E-state index contributed by atoms with van der Waals surface area (Å²) in [6.45, 7) is 6.53. The van der Waals surface area contributed by atoms with Crippen molar-refractivity contribution in [2.24, 2.45) is 0 Å². The van der Waals surface area contributed by atoms with Crippen molar-refractivity contribution < 1.29 is 0 Å². The minimum atomic E-state index is 0.484. The molecular formula is C25H27N3. The van der Waals surface area contributed by atoms with E-state index in [1.165, 1.54) is 16.8 Å². The van der Waals surface area contributed by atoms with Gasteiger partial charge in [0.05, 0.1) is 5.69 Å².